The summed E-state index contributed by atoms with van der Waals surface area (Å²) in [6.07, 6.45) is 2.60. The Kier molecular flexibility index (Phi) is 3.35. The average molecular weight is 274 g/mol. The predicted octanol–water partition coefficient (Wildman–Crippen LogP) is 3.88. The van der Waals surface area contributed by atoms with E-state index in [1.807, 2.05) is 11.3 Å². The van der Waals surface area contributed by atoms with Crippen molar-refractivity contribution >= 4 is 21.6 Å². The first-order valence-corrected chi connectivity index (χ1v) is 7.97. The van der Waals surface area contributed by atoms with Gasteiger partial charge in [-0.3, -0.25) is 0 Å². The first-order chi connectivity index (χ1) is 9.07. The summed E-state index contributed by atoms with van der Waals surface area (Å²) in [5.41, 5.74) is 2.63. The van der Waals surface area contributed by atoms with Crippen molar-refractivity contribution in [2.45, 2.75) is 39.0 Å². The Morgan fingerprint density at radius 3 is 2.95 bits per heavy atom. The van der Waals surface area contributed by atoms with Crippen LogP contribution in [0.2, 0.25) is 0 Å². The van der Waals surface area contributed by atoms with Gasteiger partial charge in [-0.2, -0.15) is 0 Å². The minimum atomic E-state index is 0.172. The number of nitrogens with one attached hydrogen (secondary N) is 1. The molecule has 0 spiro atoms. The number of aryl methyl sites for hydroxylation is 1. The van der Waals surface area contributed by atoms with Crippen LogP contribution in [-0.2, 0) is 5.41 Å². The highest BCUT2D eigenvalue weighted by atomic mass is 32.1. The minimum absolute atomic E-state index is 0.172. The highest BCUT2D eigenvalue weighted by Crippen LogP contribution is 2.39. The third-order valence-corrected chi connectivity index (χ3v) is 5.79. The Hall–Kier alpha value is -0.930. The van der Waals surface area contributed by atoms with Crippen LogP contribution in [0.1, 0.15) is 37.3 Å². The molecule has 19 heavy (non-hydrogen) atoms. The summed E-state index contributed by atoms with van der Waals surface area (Å²) in [5, 5.41) is 4.82. The van der Waals surface area contributed by atoms with Crippen LogP contribution in [0.4, 0.5) is 0 Å². The Morgan fingerprint density at radius 1 is 1.37 bits per heavy atom. The van der Waals surface area contributed by atoms with E-state index in [1.165, 1.54) is 34.7 Å². The van der Waals surface area contributed by atoms with Gasteiger partial charge >= 0.3 is 0 Å². The van der Waals surface area contributed by atoms with Crippen molar-refractivity contribution in [3.63, 3.8) is 0 Å². The Balaban J connectivity index is 1.97. The molecule has 0 bridgehead atoms. The number of thiazole rings is 1. The maximum absolute atomic E-state index is 4.91. The highest BCUT2D eigenvalue weighted by Gasteiger charge is 2.34. The second-order valence-corrected chi connectivity index (χ2v) is 7.29. The van der Waals surface area contributed by atoms with Crippen molar-refractivity contribution in [3.05, 3.63) is 28.8 Å². The predicted molar refractivity (Wildman–Crippen MR) is 83.0 cm³/mol. The topological polar surface area (TPSA) is 24.9 Å². The summed E-state index contributed by atoms with van der Waals surface area (Å²) in [6.45, 7) is 9.15. The Bertz CT molecular complexity index is 579. The summed E-state index contributed by atoms with van der Waals surface area (Å²) >= 11 is 1.87. The normalized spacial score (nSPS) is 20.9. The van der Waals surface area contributed by atoms with Crippen LogP contribution >= 0.6 is 11.3 Å². The lowest BCUT2D eigenvalue weighted by atomic mass is 9.75. The first kappa shape index (κ1) is 13.1. The third-order valence-electron chi connectivity index (χ3n) is 4.41. The lowest BCUT2D eigenvalue weighted by Crippen LogP contribution is -2.40. The molecule has 102 valence electrons. The highest BCUT2D eigenvalue weighted by molar-refractivity contribution is 7.18. The molecule has 1 fully saturated rings. The molecule has 1 unspecified atom stereocenters. The van der Waals surface area contributed by atoms with Crippen LogP contribution in [0.25, 0.3) is 10.2 Å². The molecular formula is C16H22N2S. The van der Waals surface area contributed by atoms with Gasteiger partial charge in [-0.25, -0.2) is 4.98 Å². The van der Waals surface area contributed by atoms with Gasteiger partial charge in [0.05, 0.1) is 15.2 Å². The molecule has 0 amide bonds. The smallest absolute Gasteiger partial charge is 0.0998 e. The molecule has 1 saturated heterocycles. The summed E-state index contributed by atoms with van der Waals surface area (Å²) in [6, 6.07) is 6.59. The number of rotatable bonds is 2. The summed E-state index contributed by atoms with van der Waals surface area (Å²) in [4.78, 5) is 4.91. The van der Waals surface area contributed by atoms with E-state index in [2.05, 4.69) is 44.3 Å². The zero-order chi connectivity index (χ0) is 13.5. The number of benzene rings is 1. The molecule has 0 radical (unpaired) electrons. The van der Waals surface area contributed by atoms with E-state index in [0.717, 1.165) is 12.1 Å². The van der Waals surface area contributed by atoms with Gasteiger partial charge in [0.25, 0.3) is 0 Å². The maximum atomic E-state index is 4.91. The zero-order valence-electron chi connectivity index (χ0n) is 12.0. The zero-order valence-corrected chi connectivity index (χ0v) is 12.8. The number of aromatic nitrogens is 1. The fourth-order valence-corrected chi connectivity index (χ4v) is 4.08. The molecule has 1 atom stereocenters. The summed E-state index contributed by atoms with van der Waals surface area (Å²) in [5.74, 6) is 0.697. The van der Waals surface area contributed by atoms with Crippen molar-refractivity contribution in [1.29, 1.82) is 0 Å². The van der Waals surface area contributed by atoms with Gasteiger partial charge < -0.3 is 5.32 Å². The minimum Gasteiger partial charge on any atom is -0.316 e. The van der Waals surface area contributed by atoms with Crippen molar-refractivity contribution in [3.8, 4) is 0 Å². The Labute approximate surface area is 119 Å². The van der Waals surface area contributed by atoms with Crippen LogP contribution in [0.3, 0.4) is 0 Å². The molecule has 1 N–H and O–H groups in total. The van der Waals surface area contributed by atoms with E-state index in [-0.39, 0.29) is 5.41 Å². The molecule has 3 heteroatoms. The van der Waals surface area contributed by atoms with Gasteiger partial charge in [-0.05, 0) is 56.5 Å². The van der Waals surface area contributed by atoms with Crippen LogP contribution in [0.5, 0.6) is 0 Å². The lowest BCUT2D eigenvalue weighted by Gasteiger charge is -2.35. The van der Waals surface area contributed by atoms with Gasteiger partial charge in [-0.15, -0.1) is 11.3 Å². The SMILES string of the molecule is Cc1ccc2sc(C(C)(C)C3CCCNC3)nc2c1. The second-order valence-electron chi connectivity index (χ2n) is 6.26. The molecule has 1 aromatic carbocycles. The van der Waals surface area contributed by atoms with Crippen molar-refractivity contribution in [2.75, 3.05) is 13.1 Å². The van der Waals surface area contributed by atoms with Crippen LogP contribution < -0.4 is 5.32 Å². The molecule has 0 aliphatic carbocycles. The lowest BCUT2D eigenvalue weighted by molar-refractivity contribution is 0.251. The van der Waals surface area contributed by atoms with Crippen LogP contribution in [-0.4, -0.2) is 18.1 Å². The second kappa shape index (κ2) is 4.88. The van der Waals surface area contributed by atoms with E-state index >= 15 is 0 Å². The standard InChI is InChI=1S/C16H22N2S/c1-11-6-7-14-13(9-11)18-15(19-14)16(2,3)12-5-4-8-17-10-12/h6-7,9,12,17H,4-5,8,10H2,1-3H3. The molecule has 3 rings (SSSR count). The van der Waals surface area contributed by atoms with Gasteiger partial charge in [0.1, 0.15) is 0 Å². The van der Waals surface area contributed by atoms with Gasteiger partial charge in [0, 0.05) is 5.41 Å². The van der Waals surface area contributed by atoms with Crippen molar-refractivity contribution in [2.24, 2.45) is 5.92 Å². The molecule has 1 aromatic heterocycles. The van der Waals surface area contributed by atoms with E-state index in [1.54, 1.807) is 0 Å². The molecule has 2 nitrogen and oxygen atoms in total. The van der Waals surface area contributed by atoms with Crippen LogP contribution in [0, 0.1) is 12.8 Å². The van der Waals surface area contributed by atoms with Crippen molar-refractivity contribution in [1.82, 2.24) is 10.3 Å². The molecule has 2 aromatic rings. The number of nitrogens with zero attached hydrogens (tertiary/aromatic N) is 1. The van der Waals surface area contributed by atoms with E-state index in [0.29, 0.717) is 5.92 Å². The number of hydrogen-bond acceptors (Lipinski definition) is 3. The van der Waals surface area contributed by atoms with Gasteiger partial charge in [0.2, 0.25) is 0 Å². The fraction of sp³-hybridized carbons (Fsp3) is 0.562. The quantitative estimate of drug-likeness (QED) is 0.899. The van der Waals surface area contributed by atoms with Gasteiger partial charge in [-0.1, -0.05) is 19.9 Å². The van der Waals surface area contributed by atoms with Gasteiger partial charge in [0.15, 0.2) is 0 Å². The monoisotopic (exact) mass is 274 g/mol. The number of piperidine rings is 1. The summed E-state index contributed by atoms with van der Waals surface area (Å²) in [7, 11) is 0. The largest absolute Gasteiger partial charge is 0.316 e. The molecule has 1 aliphatic heterocycles. The third kappa shape index (κ3) is 2.41. The summed E-state index contributed by atoms with van der Waals surface area (Å²) < 4.78 is 1.32. The fourth-order valence-electron chi connectivity index (χ4n) is 2.96. The Morgan fingerprint density at radius 2 is 2.21 bits per heavy atom. The molecule has 1 aliphatic rings. The molecular weight excluding hydrogens is 252 g/mol. The molecule has 2 heterocycles. The van der Waals surface area contributed by atoms with E-state index < -0.39 is 0 Å². The maximum Gasteiger partial charge on any atom is 0.0998 e. The van der Waals surface area contributed by atoms with E-state index in [9.17, 15) is 0 Å². The van der Waals surface area contributed by atoms with Crippen molar-refractivity contribution < 1.29 is 0 Å². The number of fused-ring (bicyclic) bond motifs is 1. The molecule has 0 saturated carbocycles. The number of hydrogen-bond donors (Lipinski definition) is 1. The average Bonchev–Trinajstić information content (AvgIpc) is 2.83. The first-order valence-electron chi connectivity index (χ1n) is 7.16. The van der Waals surface area contributed by atoms with Crippen LogP contribution in [0.15, 0.2) is 18.2 Å². The van der Waals surface area contributed by atoms with E-state index in [4.69, 9.17) is 4.98 Å².